The minimum atomic E-state index is -1.05. The number of hydrogen-bond acceptors (Lipinski definition) is 7. The first-order valence-corrected chi connectivity index (χ1v) is 14.2. The Morgan fingerprint density at radius 2 is 1.42 bits per heavy atom. The number of amides is 1. The van der Waals surface area contributed by atoms with Crippen LogP contribution in [0.15, 0.2) is 94.5 Å². The largest absolute Gasteiger partial charge is 0.459 e. The van der Waals surface area contributed by atoms with Crippen molar-refractivity contribution < 1.29 is 23.8 Å². The molecule has 0 spiro atoms. The Hall–Kier alpha value is -4.70. The Kier molecular flexibility index (Phi) is 10.5. The van der Waals surface area contributed by atoms with Crippen LogP contribution < -0.4 is 16.6 Å². The summed E-state index contributed by atoms with van der Waals surface area (Å²) < 4.78 is 19.2. The molecule has 1 amide bonds. The summed E-state index contributed by atoms with van der Waals surface area (Å²) in [5.74, 6) is -0.646. The maximum atomic E-state index is 13.5. The van der Waals surface area contributed by atoms with Crippen molar-refractivity contribution in [2.24, 2.45) is 0 Å². The lowest BCUT2D eigenvalue weighted by atomic mass is 10.1. The van der Waals surface area contributed by atoms with E-state index in [1.165, 1.54) is 4.57 Å². The number of carbonyl (C=O) groups excluding carboxylic acids is 2. The number of nitrogens with zero attached hydrogens (tertiary/aromatic N) is 2. The molecule has 1 N–H and O–H groups in total. The fraction of sp³-hybridized carbons (Fsp3) is 0.333. The third-order valence-corrected chi connectivity index (χ3v) is 6.54. The summed E-state index contributed by atoms with van der Waals surface area (Å²) in [7, 11) is 0. The summed E-state index contributed by atoms with van der Waals surface area (Å²) in [5.41, 5.74) is 0.480. The van der Waals surface area contributed by atoms with E-state index in [0.717, 1.165) is 15.7 Å². The molecule has 1 atom stereocenters. The zero-order chi connectivity index (χ0) is 30.8. The second kappa shape index (κ2) is 14.5. The smallest absolute Gasteiger partial charge is 0.408 e. The van der Waals surface area contributed by atoms with Crippen molar-refractivity contribution in [1.82, 2.24) is 14.5 Å². The first-order valence-electron chi connectivity index (χ1n) is 14.2. The molecule has 0 saturated carbocycles. The van der Waals surface area contributed by atoms with E-state index >= 15 is 0 Å². The molecule has 1 unspecified atom stereocenters. The molecule has 0 fully saturated rings. The number of nitrogens with one attached hydrogen (secondary N) is 1. The summed E-state index contributed by atoms with van der Waals surface area (Å²) in [6.45, 7) is 5.44. The molecular formula is C33H37N3O7. The molecule has 3 aromatic carbocycles. The van der Waals surface area contributed by atoms with Crippen LogP contribution in [0.2, 0.25) is 0 Å². The molecule has 0 radical (unpaired) electrons. The second-order valence-corrected chi connectivity index (χ2v) is 11.1. The minimum Gasteiger partial charge on any atom is -0.459 e. The average molecular weight is 588 g/mol. The number of ether oxygens (including phenoxy) is 3. The van der Waals surface area contributed by atoms with E-state index in [2.05, 4.69) is 5.32 Å². The molecule has 10 nitrogen and oxygen atoms in total. The molecule has 4 aromatic rings. The topological polar surface area (TPSA) is 118 Å². The normalized spacial score (nSPS) is 12.1. The summed E-state index contributed by atoms with van der Waals surface area (Å²) >= 11 is 0. The Balaban J connectivity index is 1.50. The van der Waals surface area contributed by atoms with E-state index in [0.29, 0.717) is 17.5 Å². The number of hydrogen-bond donors (Lipinski definition) is 1. The molecule has 1 heterocycles. The van der Waals surface area contributed by atoms with Crippen LogP contribution in [-0.4, -0.2) is 32.8 Å². The molecule has 0 aliphatic heterocycles. The van der Waals surface area contributed by atoms with Crippen molar-refractivity contribution in [2.45, 2.75) is 71.7 Å². The number of benzene rings is 3. The highest BCUT2D eigenvalue weighted by atomic mass is 16.6. The van der Waals surface area contributed by atoms with Crippen molar-refractivity contribution >= 4 is 23.0 Å². The number of rotatable bonds is 12. The lowest BCUT2D eigenvalue weighted by molar-refractivity contribution is -0.147. The quantitative estimate of drug-likeness (QED) is 0.238. The van der Waals surface area contributed by atoms with Crippen LogP contribution in [0.4, 0.5) is 4.79 Å². The highest BCUT2D eigenvalue weighted by Crippen LogP contribution is 2.12. The average Bonchev–Trinajstić information content (AvgIpc) is 2.99. The van der Waals surface area contributed by atoms with Crippen LogP contribution >= 0.6 is 0 Å². The van der Waals surface area contributed by atoms with Gasteiger partial charge in [0, 0.05) is 6.54 Å². The lowest BCUT2D eigenvalue weighted by Crippen LogP contribution is -2.45. The van der Waals surface area contributed by atoms with Gasteiger partial charge in [-0.3, -0.25) is 13.9 Å². The predicted molar refractivity (Wildman–Crippen MR) is 162 cm³/mol. The van der Waals surface area contributed by atoms with Crippen molar-refractivity contribution in [2.75, 3.05) is 0 Å². The van der Waals surface area contributed by atoms with Gasteiger partial charge in [-0.15, -0.1) is 0 Å². The first kappa shape index (κ1) is 31.2. The summed E-state index contributed by atoms with van der Waals surface area (Å²) in [5, 5.41) is 2.95. The SMILES string of the molecule is CC(C)(C)OC(=O)NC(CCCn1c(=O)c2ccccc2n(COCc2ccccc2)c1=O)C(=O)OCc1ccccc1. The van der Waals surface area contributed by atoms with Crippen LogP contribution in [0.25, 0.3) is 10.9 Å². The summed E-state index contributed by atoms with van der Waals surface area (Å²) in [6, 6.07) is 24.6. The summed E-state index contributed by atoms with van der Waals surface area (Å²) in [4.78, 5) is 52.4. The number of alkyl carbamates (subject to hydrolysis) is 1. The summed E-state index contributed by atoms with van der Waals surface area (Å²) in [6.07, 6.45) is -0.440. The van der Waals surface area contributed by atoms with Gasteiger partial charge in [-0.05, 0) is 56.9 Å². The molecular weight excluding hydrogens is 550 g/mol. The molecule has 1 aromatic heterocycles. The third-order valence-electron chi connectivity index (χ3n) is 6.54. The van der Waals surface area contributed by atoms with Crippen molar-refractivity contribution in [3.05, 3.63) is 117 Å². The van der Waals surface area contributed by atoms with Crippen molar-refractivity contribution in [1.29, 1.82) is 0 Å². The Morgan fingerprint density at radius 3 is 2.07 bits per heavy atom. The van der Waals surface area contributed by atoms with E-state index in [1.807, 2.05) is 60.7 Å². The molecule has 10 heteroatoms. The lowest BCUT2D eigenvalue weighted by Gasteiger charge is -2.23. The van der Waals surface area contributed by atoms with E-state index in [4.69, 9.17) is 14.2 Å². The molecule has 0 aliphatic rings. The molecule has 226 valence electrons. The first-order chi connectivity index (χ1) is 20.6. The molecule has 0 saturated heterocycles. The van der Waals surface area contributed by atoms with E-state index in [1.54, 1.807) is 45.0 Å². The number of carbonyl (C=O) groups is 2. The van der Waals surface area contributed by atoms with Crippen LogP contribution in [-0.2, 0) is 45.5 Å². The van der Waals surface area contributed by atoms with Gasteiger partial charge in [0.25, 0.3) is 5.56 Å². The van der Waals surface area contributed by atoms with Gasteiger partial charge < -0.3 is 19.5 Å². The molecule has 0 aliphatic carbocycles. The Bertz CT molecular complexity index is 1640. The second-order valence-electron chi connectivity index (χ2n) is 11.1. The fourth-order valence-electron chi connectivity index (χ4n) is 4.50. The van der Waals surface area contributed by atoms with Crippen molar-refractivity contribution in [3.8, 4) is 0 Å². The van der Waals surface area contributed by atoms with Gasteiger partial charge in [-0.2, -0.15) is 0 Å². The van der Waals surface area contributed by atoms with Gasteiger partial charge in [0.05, 0.1) is 17.5 Å². The fourth-order valence-corrected chi connectivity index (χ4v) is 4.50. The standard InChI is InChI=1S/C33H37N3O7/c1-33(2,3)43-31(39)34-27(30(38)42-22-25-15-8-5-9-16-25)18-12-20-35-29(37)26-17-10-11-19-28(26)36(32(35)40)23-41-21-24-13-6-4-7-14-24/h4-11,13-17,19,27H,12,18,20-23H2,1-3H3,(H,34,39). The Morgan fingerprint density at radius 1 is 0.814 bits per heavy atom. The number of para-hydroxylation sites is 1. The van der Waals surface area contributed by atoms with Crippen LogP contribution in [0.3, 0.4) is 0 Å². The maximum absolute atomic E-state index is 13.5. The van der Waals surface area contributed by atoms with Gasteiger partial charge in [-0.1, -0.05) is 72.8 Å². The van der Waals surface area contributed by atoms with Gasteiger partial charge >= 0.3 is 17.8 Å². The van der Waals surface area contributed by atoms with Gasteiger partial charge in [-0.25, -0.2) is 14.4 Å². The van der Waals surface area contributed by atoms with Crippen molar-refractivity contribution in [3.63, 3.8) is 0 Å². The zero-order valence-corrected chi connectivity index (χ0v) is 24.7. The molecule has 0 bridgehead atoms. The monoisotopic (exact) mass is 587 g/mol. The maximum Gasteiger partial charge on any atom is 0.408 e. The van der Waals surface area contributed by atoms with Crippen LogP contribution in [0, 0.1) is 0 Å². The van der Waals surface area contributed by atoms with E-state index < -0.39 is 35.0 Å². The number of fused-ring (bicyclic) bond motifs is 1. The predicted octanol–water partition coefficient (Wildman–Crippen LogP) is 4.75. The van der Waals surface area contributed by atoms with Crippen LogP contribution in [0.5, 0.6) is 0 Å². The van der Waals surface area contributed by atoms with Gasteiger partial charge in [0.15, 0.2) is 0 Å². The molecule has 4 rings (SSSR count). The van der Waals surface area contributed by atoms with Gasteiger partial charge in [0.1, 0.15) is 25.0 Å². The zero-order valence-electron chi connectivity index (χ0n) is 24.7. The minimum absolute atomic E-state index is 0.0135. The highest BCUT2D eigenvalue weighted by molar-refractivity contribution is 5.81. The van der Waals surface area contributed by atoms with Crippen LogP contribution in [0.1, 0.15) is 44.7 Å². The number of aromatic nitrogens is 2. The number of esters is 1. The van der Waals surface area contributed by atoms with E-state index in [9.17, 15) is 19.2 Å². The third kappa shape index (κ3) is 8.89. The Labute approximate surface area is 249 Å². The van der Waals surface area contributed by atoms with Gasteiger partial charge in [0.2, 0.25) is 0 Å². The highest BCUT2D eigenvalue weighted by Gasteiger charge is 2.26. The molecule has 43 heavy (non-hydrogen) atoms. The van der Waals surface area contributed by atoms with E-state index in [-0.39, 0.29) is 32.7 Å².